The predicted molar refractivity (Wildman–Crippen MR) is 100 cm³/mol. The van der Waals surface area contributed by atoms with Gasteiger partial charge in [-0.3, -0.25) is 14.9 Å². The molecular formula is C17H17ClN2O6S. The molecule has 0 atom stereocenters. The minimum Gasteiger partial charge on any atom is -0.477 e. The molecule has 0 fully saturated rings. The van der Waals surface area contributed by atoms with Crippen molar-refractivity contribution in [2.45, 2.75) is 13.5 Å². The number of nitro groups is 1. The van der Waals surface area contributed by atoms with Crippen LogP contribution in [0.15, 0.2) is 30.3 Å². The number of nitro benzene ring substituents is 1. The number of benzene rings is 1. The van der Waals surface area contributed by atoms with Crippen molar-refractivity contribution in [2.24, 2.45) is 0 Å². The van der Waals surface area contributed by atoms with Gasteiger partial charge < -0.3 is 14.4 Å². The predicted octanol–water partition coefficient (Wildman–Crippen LogP) is 3.52. The molecule has 2 aromatic rings. The summed E-state index contributed by atoms with van der Waals surface area (Å²) in [5, 5.41) is 11.2. The van der Waals surface area contributed by atoms with Crippen molar-refractivity contribution in [1.82, 2.24) is 4.90 Å². The largest absolute Gasteiger partial charge is 0.477 e. The summed E-state index contributed by atoms with van der Waals surface area (Å²) in [4.78, 5) is 36.9. The normalized spacial score (nSPS) is 10.3. The van der Waals surface area contributed by atoms with Crippen molar-refractivity contribution in [3.63, 3.8) is 0 Å². The molecule has 1 aromatic heterocycles. The van der Waals surface area contributed by atoms with E-state index >= 15 is 0 Å². The fourth-order valence-corrected chi connectivity index (χ4v) is 3.36. The molecule has 0 N–H and O–H groups in total. The Bertz CT molecular complexity index is 854. The van der Waals surface area contributed by atoms with E-state index in [0.29, 0.717) is 17.4 Å². The third-order valence-corrected chi connectivity index (χ3v) is 4.85. The molecule has 1 aromatic carbocycles. The summed E-state index contributed by atoms with van der Waals surface area (Å²) in [5.74, 6) is -1.13. The van der Waals surface area contributed by atoms with Crippen LogP contribution in [0, 0.1) is 10.1 Å². The van der Waals surface area contributed by atoms with Crippen LogP contribution in [0.3, 0.4) is 0 Å². The van der Waals surface area contributed by atoms with Gasteiger partial charge in [-0.15, -0.1) is 11.3 Å². The molecule has 0 bridgehead atoms. The molecule has 0 saturated heterocycles. The molecule has 0 saturated carbocycles. The molecule has 144 valence electrons. The van der Waals surface area contributed by atoms with Gasteiger partial charge in [0.1, 0.15) is 0 Å². The van der Waals surface area contributed by atoms with E-state index in [2.05, 4.69) is 4.74 Å². The first kappa shape index (κ1) is 20.7. The molecule has 0 radical (unpaired) electrons. The summed E-state index contributed by atoms with van der Waals surface area (Å²) in [7, 11) is 1.18. The van der Waals surface area contributed by atoms with Crippen molar-refractivity contribution in [2.75, 3.05) is 20.3 Å². The van der Waals surface area contributed by atoms with E-state index < -0.39 is 16.6 Å². The van der Waals surface area contributed by atoms with Crippen molar-refractivity contribution in [1.29, 1.82) is 0 Å². The Kier molecular flexibility index (Phi) is 7.14. The Hall–Kier alpha value is -2.65. The zero-order valence-electron chi connectivity index (χ0n) is 14.6. The Morgan fingerprint density at radius 1 is 1.30 bits per heavy atom. The number of halogens is 1. The number of hydrogen-bond donors (Lipinski definition) is 0. The number of rotatable bonds is 8. The second-order valence-corrected chi connectivity index (χ2v) is 7.13. The first-order valence-electron chi connectivity index (χ1n) is 7.87. The van der Waals surface area contributed by atoms with E-state index in [4.69, 9.17) is 16.3 Å². The van der Waals surface area contributed by atoms with Gasteiger partial charge in [0, 0.05) is 17.5 Å². The van der Waals surface area contributed by atoms with Gasteiger partial charge in [0.2, 0.25) is 0 Å². The lowest BCUT2D eigenvalue weighted by molar-refractivity contribution is -0.385. The van der Waals surface area contributed by atoms with E-state index in [-0.39, 0.29) is 23.8 Å². The standard InChI is InChI=1S/C17H17ClN2O6S/c1-3-19(9-12-5-7-15(18)27-12)16(21)10-26-14-6-4-11(17(22)25-2)8-13(14)20(23)24/h4-8H,3,9-10H2,1-2H3. The van der Waals surface area contributed by atoms with Crippen LogP contribution in [0.4, 0.5) is 5.69 Å². The first-order chi connectivity index (χ1) is 12.8. The fourth-order valence-electron chi connectivity index (χ4n) is 2.26. The van der Waals surface area contributed by atoms with Gasteiger partial charge in [-0.25, -0.2) is 4.79 Å². The summed E-state index contributed by atoms with van der Waals surface area (Å²) in [6, 6.07) is 7.25. The summed E-state index contributed by atoms with van der Waals surface area (Å²) in [5.41, 5.74) is -0.397. The number of carbonyl (C=O) groups excluding carboxylic acids is 2. The Morgan fingerprint density at radius 3 is 2.59 bits per heavy atom. The first-order valence-corrected chi connectivity index (χ1v) is 9.06. The summed E-state index contributed by atoms with van der Waals surface area (Å²) < 4.78 is 10.5. The molecule has 0 unspecified atom stereocenters. The monoisotopic (exact) mass is 412 g/mol. The van der Waals surface area contributed by atoms with Crippen LogP contribution in [0.25, 0.3) is 0 Å². The molecule has 0 spiro atoms. The highest BCUT2D eigenvalue weighted by Gasteiger charge is 2.21. The molecule has 10 heteroatoms. The zero-order chi connectivity index (χ0) is 20.0. The SMILES string of the molecule is CCN(Cc1ccc(Cl)s1)C(=O)COc1ccc(C(=O)OC)cc1[N+](=O)[O-]. The van der Waals surface area contributed by atoms with Crippen molar-refractivity contribution < 1.29 is 24.0 Å². The highest BCUT2D eigenvalue weighted by atomic mass is 35.5. The van der Waals surface area contributed by atoms with Crippen molar-refractivity contribution in [3.8, 4) is 5.75 Å². The Morgan fingerprint density at radius 2 is 2.04 bits per heavy atom. The molecule has 0 aliphatic heterocycles. The maximum absolute atomic E-state index is 12.4. The van der Waals surface area contributed by atoms with Gasteiger partial charge in [-0.05, 0) is 31.2 Å². The fraction of sp³-hybridized carbons (Fsp3) is 0.294. The van der Waals surface area contributed by atoms with Crippen LogP contribution in [-0.4, -0.2) is 42.0 Å². The summed E-state index contributed by atoms with van der Waals surface area (Å²) in [6.07, 6.45) is 0. The number of carbonyl (C=O) groups is 2. The van der Waals surface area contributed by atoms with Gasteiger partial charge in [-0.2, -0.15) is 0 Å². The van der Waals surface area contributed by atoms with E-state index in [1.807, 2.05) is 13.0 Å². The van der Waals surface area contributed by atoms with Crippen molar-refractivity contribution in [3.05, 3.63) is 55.2 Å². The highest BCUT2D eigenvalue weighted by molar-refractivity contribution is 7.16. The number of hydrogen-bond acceptors (Lipinski definition) is 7. The minimum absolute atomic E-state index is 0.0210. The molecule has 2 rings (SSSR count). The number of thiophene rings is 1. The lowest BCUT2D eigenvalue weighted by Gasteiger charge is -2.20. The highest BCUT2D eigenvalue weighted by Crippen LogP contribution is 2.28. The summed E-state index contributed by atoms with van der Waals surface area (Å²) in [6.45, 7) is 2.27. The number of ether oxygens (including phenoxy) is 2. The molecule has 1 heterocycles. The smallest absolute Gasteiger partial charge is 0.338 e. The van der Waals surface area contributed by atoms with Gasteiger partial charge >= 0.3 is 11.7 Å². The average Bonchev–Trinajstić information content (AvgIpc) is 3.08. The molecule has 27 heavy (non-hydrogen) atoms. The Balaban J connectivity index is 2.08. The van der Waals surface area contributed by atoms with Gasteiger partial charge in [-0.1, -0.05) is 11.6 Å². The quantitative estimate of drug-likeness (QED) is 0.373. The van der Waals surface area contributed by atoms with E-state index in [1.54, 1.807) is 11.0 Å². The lowest BCUT2D eigenvalue weighted by atomic mass is 10.2. The van der Waals surface area contributed by atoms with Gasteiger partial charge in [0.05, 0.1) is 28.5 Å². The maximum atomic E-state index is 12.4. The number of methoxy groups -OCH3 is 1. The third kappa shape index (κ3) is 5.41. The molecule has 0 aliphatic carbocycles. The van der Waals surface area contributed by atoms with Crippen LogP contribution < -0.4 is 4.74 Å². The minimum atomic E-state index is -0.701. The molecule has 1 amide bonds. The van der Waals surface area contributed by atoms with Gasteiger partial charge in [0.15, 0.2) is 12.4 Å². The van der Waals surface area contributed by atoms with Crippen LogP contribution in [-0.2, 0) is 16.1 Å². The number of likely N-dealkylation sites (N-methyl/N-ethyl adjacent to an activating group) is 1. The average molecular weight is 413 g/mol. The van der Waals surface area contributed by atoms with Crippen LogP contribution in [0.5, 0.6) is 5.75 Å². The van der Waals surface area contributed by atoms with Crippen LogP contribution in [0.2, 0.25) is 4.34 Å². The maximum Gasteiger partial charge on any atom is 0.338 e. The van der Waals surface area contributed by atoms with Crippen molar-refractivity contribution >= 4 is 40.5 Å². The number of esters is 1. The summed E-state index contributed by atoms with van der Waals surface area (Å²) >= 11 is 7.27. The molecular weight excluding hydrogens is 396 g/mol. The van der Waals surface area contributed by atoms with E-state index in [1.165, 1.54) is 30.6 Å². The zero-order valence-corrected chi connectivity index (χ0v) is 16.2. The third-order valence-electron chi connectivity index (χ3n) is 3.64. The van der Waals surface area contributed by atoms with E-state index in [0.717, 1.165) is 10.9 Å². The van der Waals surface area contributed by atoms with Crippen LogP contribution in [0.1, 0.15) is 22.2 Å². The second kappa shape index (κ2) is 9.33. The Labute approximate surface area is 164 Å². The number of amides is 1. The topological polar surface area (TPSA) is 99.0 Å². The lowest BCUT2D eigenvalue weighted by Crippen LogP contribution is -2.34. The van der Waals surface area contributed by atoms with Crippen LogP contribution >= 0.6 is 22.9 Å². The molecule has 8 nitrogen and oxygen atoms in total. The second-order valence-electron chi connectivity index (χ2n) is 5.33. The number of nitrogens with zero attached hydrogens (tertiary/aromatic N) is 2. The molecule has 0 aliphatic rings. The van der Waals surface area contributed by atoms with Gasteiger partial charge in [0.25, 0.3) is 5.91 Å². The van der Waals surface area contributed by atoms with E-state index in [9.17, 15) is 19.7 Å².